The molecule has 1 atom stereocenters. The molecule has 0 aromatic carbocycles. The Morgan fingerprint density at radius 3 is 2.71 bits per heavy atom. The molecule has 2 aromatic heterocycles. The molecule has 8 heteroatoms. The van der Waals surface area contributed by atoms with E-state index in [1.807, 2.05) is 0 Å². The summed E-state index contributed by atoms with van der Waals surface area (Å²) in [5.41, 5.74) is 1.79. The molecule has 2 N–H and O–H groups in total. The number of carbonyl (C=O) groups is 1. The van der Waals surface area contributed by atoms with E-state index >= 15 is 0 Å². The number of carboxylic acids is 1. The molecule has 2 rings (SSSR count). The third kappa shape index (κ3) is 3.58. The fraction of sp³-hybridized carbons (Fsp3) is 0.312. The van der Waals surface area contributed by atoms with Gasteiger partial charge >= 0.3 is 11.9 Å². The van der Waals surface area contributed by atoms with Gasteiger partial charge in [0, 0.05) is 18.0 Å². The van der Waals surface area contributed by atoms with E-state index < -0.39 is 35.6 Å². The van der Waals surface area contributed by atoms with Crippen LogP contribution >= 0.6 is 0 Å². The lowest BCUT2D eigenvalue weighted by Crippen LogP contribution is -2.38. The summed E-state index contributed by atoms with van der Waals surface area (Å²) in [7, 11) is 0. The van der Waals surface area contributed by atoms with Crippen LogP contribution in [-0.2, 0) is 10.7 Å². The van der Waals surface area contributed by atoms with E-state index in [-0.39, 0.29) is 5.56 Å². The number of nitrogens with zero attached hydrogens (tertiary/aromatic N) is 2. The van der Waals surface area contributed by atoms with Gasteiger partial charge in [0.25, 0.3) is 5.56 Å². The number of hydrogen-bond acceptors (Lipinski definition) is 4. The van der Waals surface area contributed by atoms with Gasteiger partial charge in [-0.3, -0.25) is 14.6 Å². The first-order valence-electron chi connectivity index (χ1n) is 7.22. The van der Waals surface area contributed by atoms with Crippen LogP contribution in [0.1, 0.15) is 29.7 Å². The van der Waals surface area contributed by atoms with E-state index in [2.05, 4.69) is 10.4 Å². The van der Waals surface area contributed by atoms with Crippen LogP contribution in [0.5, 0.6) is 0 Å². The fourth-order valence-electron chi connectivity index (χ4n) is 2.27. The number of pyridine rings is 2. The number of carboxylic acid groups (broad SMARTS) is 1. The van der Waals surface area contributed by atoms with Gasteiger partial charge in [-0.05, 0) is 37.6 Å². The second kappa shape index (κ2) is 6.77. The minimum Gasteiger partial charge on any atom is -0.481 e. The van der Waals surface area contributed by atoms with Crippen molar-refractivity contribution in [2.24, 2.45) is 0 Å². The van der Waals surface area contributed by atoms with Gasteiger partial charge in [0.1, 0.15) is 12.2 Å². The van der Waals surface area contributed by atoms with Crippen molar-refractivity contribution < 1.29 is 18.7 Å². The van der Waals surface area contributed by atoms with Crippen molar-refractivity contribution >= 4 is 5.97 Å². The van der Waals surface area contributed by atoms with Crippen molar-refractivity contribution in [3.05, 3.63) is 63.8 Å². The molecule has 128 valence electrons. The summed E-state index contributed by atoms with van der Waals surface area (Å²) in [6.45, 7) is 2.12. The fourth-order valence-corrected chi connectivity index (χ4v) is 2.27. The third-order valence-corrected chi connectivity index (χ3v) is 3.66. The van der Waals surface area contributed by atoms with E-state index in [1.165, 1.54) is 43.6 Å². The monoisotopic (exact) mass is 337 g/mol. The first kappa shape index (κ1) is 17.6. The van der Waals surface area contributed by atoms with E-state index in [1.54, 1.807) is 6.92 Å². The van der Waals surface area contributed by atoms with E-state index in [9.17, 15) is 18.4 Å². The average molecular weight is 337 g/mol. The minimum absolute atomic E-state index is 0.0543. The first-order valence-corrected chi connectivity index (χ1v) is 7.22. The van der Waals surface area contributed by atoms with Gasteiger partial charge in [-0.1, -0.05) is 6.07 Å². The summed E-state index contributed by atoms with van der Waals surface area (Å²) in [6, 6.07) is 5.66. The lowest BCUT2D eigenvalue weighted by molar-refractivity contribution is -0.138. The molecule has 24 heavy (non-hydrogen) atoms. The number of aromatic nitrogens is 2. The van der Waals surface area contributed by atoms with Gasteiger partial charge in [0.05, 0.1) is 5.92 Å². The first-order chi connectivity index (χ1) is 11.2. The van der Waals surface area contributed by atoms with Crippen LogP contribution in [0.2, 0.25) is 0 Å². The number of nitrogens with one attached hydrogen (secondary N) is 1. The molecule has 0 bridgehead atoms. The van der Waals surface area contributed by atoms with Gasteiger partial charge in [-0.25, -0.2) is 4.68 Å². The average Bonchev–Trinajstić information content (AvgIpc) is 2.54. The van der Waals surface area contributed by atoms with E-state index in [0.717, 1.165) is 4.68 Å². The van der Waals surface area contributed by atoms with Crippen molar-refractivity contribution in [3.8, 4) is 0 Å². The lowest BCUT2D eigenvalue weighted by atomic mass is 9.99. The normalized spacial score (nSPS) is 12.7. The van der Waals surface area contributed by atoms with Gasteiger partial charge in [-0.2, -0.15) is 8.78 Å². The van der Waals surface area contributed by atoms with Gasteiger partial charge in [-0.15, -0.1) is 0 Å². The summed E-state index contributed by atoms with van der Waals surface area (Å²) in [4.78, 5) is 27.1. The van der Waals surface area contributed by atoms with Gasteiger partial charge in [0.15, 0.2) is 0 Å². The molecule has 6 nitrogen and oxygen atoms in total. The highest BCUT2D eigenvalue weighted by Crippen LogP contribution is 2.25. The van der Waals surface area contributed by atoms with Gasteiger partial charge < -0.3 is 10.5 Å². The summed E-state index contributed by atoms with van der Waals surface area (Å²) in [6.07, 6.45) is 2.55. The Balaban J connectivity index is 2.27. The number of hydrogen-bond donors (Lipinski definition) is 2. The summed E-state index contributed by atoms with van der Waals surface area (Å²) >= 11 is 0. The molecular weight excluding hydrogens is 320 g/mol. The topological polar surface area (TPSA) is 84.2 Å². The van der Waals surface area contributed by atoms with Crippen LogP contribution in [0, 0.1) is 6.92 Å². The Bertz CT molecular complexity index is 791. The van der Waals surface area contributed by atoms with Crippen LogP contribution in [0.25, 0.3) is 0 Å². The number of alkyl halides is 2. The standard InChI is InChI=1S/C16H17F2N3O3/c1-10-6-8-21(14(22)13(10)11(2)15(23)24)20-9-16(17,18)12-5-3-4-7-19-12/h3-8,11,20H,9H2,1-2H3,(H,23,24). The molecule has 0 amide bonds. The molecule has 2 aromatic rings. The SMILES string of the molecule is Cc1ccn(NCC(F)(F)c2ccccn2)c(=O)c1C(C)C(=O)O. The Labute approximate surface area is 136 Å². The maximum absolute atomic E-state index is 14.1. The zero-order chi connectivity index (χ0) is 17.9. The Morgan fingerprint density at radius 2 is 2.12 bits per heavy atom. The lowest BCUT2D eigenvalue weighted by Gasteiger charge is -2.19. The molecule has 0 aliphatic rings. The van der Waals surface area contributed by atoms with Crippen molar-refractivity contribution in [1.82, 2.24) is 9.66 Å². The Kier molecular flexibility index (Phi) is 4.96. The van der Waals surface area contributed by atoms with Crippen LogP contribution in [0.4, 0.5) is 8.78 Å². The molecular formula is C16H17F2N3O3. The number of aliphatic carboxylic acids is 1. The zero-order valence-corrected chi connectivity index (χ0v) is 13.2. The number of rotatable bonds is 6. The maximum Gasteiger partial charge on any atom is 0.310 e. The summed E-state index contributed by atoms with van der Waals surface area (Å²) in [5.74, 6) is -5.49. The minimum atomic E-state index is -3.29. The molecule has 0 saturated heterocycles. The van der Waals surface area contributed by atoms with E-state index in [0.29, 0.717) is 5.56 Å². The third-order valence-electron chi connectivity index (χ3n) is 3.66. The summed E-state index contributed by atoms with van der Waals surface area (Å²) < 4.78 is 29.1. The molecule has 0 radical (unpaired) electrons. The van der Waals surface area contributed by atoms with Crippen LogP contribution < -0.4 is 11.0 Å². The number of aryl methyl sites for hydroxylation is 1. The largest absolute Gasteiger partial charge is 0.481 e. The predicted molar refractivity (Wildman–Crippen MR) is 83.8 cm³/mol. The van der Waals surface area contributed by atoms with E-state index in [4.69, 9.17) is 5.11 Å². The quantitative estimate of drug-likeness (QED) is 0.843. The zero-order valence-electron chi connectivity index (χ0n) is 13.2. The highest BCUT2D eigenvalue weighted by Gasteiger charge is 2.33. The molecule has 0 aliphatic heterocycles. The van der Waals surface area contributed by atoms with Crippen LogP contribution in [-0.4, -0.2) is 27.3 Å². The summed E-state index contributed by atoms with van der Waals surface area (Å²) in [5, 5.41) is 9.09. The van der Waals surface area contributed by atoms with Crippen molar-refractivity contribution in [2.45, 2.75) is 25.7 Å². The molecule has 2 heterocycles. The number of halogens is 2. The van der Waals surface area contributed by atoms with Gasteiger partial charge in [0.2, 0.25) is 0 Å². The highest BCUT2D eigenvalue weighted by molar-refractivity contribution is 5.75. The predicted octanol–water partition coefficient (Wildman–Crippen LogP) is 2.08. The highest BCUT2D eigenvalue weighted by atomic mass is 19.3. The molecule has 0 fully saturated rings. The van der Waals surface area contributed by atoms with Crippen LogP contribution in [0.15, 0.2) is 41.5 Å². The van der Waals surface area contributed by atoms with Crippen molar-refractivity contribution in [1.29, 1.82) is 0 Å². The smallest absolute Gasteiger partial charge is 0.310 e. The second-order valence-electron chi connectivity index (χ2n) is 5.40. The molecule has 0 aliphatic carbocycles. The second-order valence-corrected chi connectivity index (χ2v) is 5.40. The molecule has 1 unspecified atom stereocenters. The molecule has 0 spiro atoms. The van der Waals surface area contributed by atoms with Crippen molar-refractivity contribution in [2.75, 3.05) is 12.0 Å². The molecule has 0 saturated carbocycles. The van der Waals surface area contributed by atoms with Crippen molar-refractivity contribution in [3.63, 3.8) is 0 Å². The maximum atomic E-state index is 14.1. The Morgan fingerprint density at radius 1 is 1.42 bits per heavy atom. The van der Waals surface area contributed by atoms with Crippen LogP contribution in [0.3, 0.4) is 0 Å². The Hall–Kier alpha value is -2.77.